The van der Waals surface area contributed by atoms with Crippen molar-refractivity contribution in [1.29, 1.82) is 0 Å². The van der Waals surface area contributed by atoms with Gasteiger partial charge in [-0.2, -0.15) is 0 Å². The Bertz CT molecular complexity index is 169. The second-order valence-electron chi connectivity index (χ2n) is 4.12. The average Bonchev–Trinajstić information content (AvgIpc) is 2.40. The fourth-order valence-corrected chi connectivity index (χ4v) is 1.67. The molecular weight excluding hydrogens is 240 g/mol. The zero-order valence-electron chi connectivity index (χ0n) is 10.8. The van der Waals surface area contributed by atoms with Crippen LogP contribution in [0.3, 0.4) is 0 Å². The molecule has 1 heterocycles. The molecule has 0 radical (unpaired) electrons. The highest BCUT2D eigenvalue weighted by molar-refractivity contribution is 4.69. The highest BCUT2D eigenvalue weighted by Crippen LogP contribution is 2.06. The Labute approximate surface area is 108 Å². The van der Waals surface area contributed by atoms with Gasteiger partial charge in [0.1, 0.15) is 12.2 Å². The zero-order valence-corrected chi connectivity index (χ0v) is 10.8. The highest BCUT2D eigenvalue weighted by Gasteiger charge is 2.21. The summed E-state index contributed by atoms with van der Waals surface area (Å²) in [7, 11) is 0. The monoisotopic (exact) mass is 264 g/mol. The predicted octanol–water partition coefficient (Wildman–Crippen LogP) is -0.432. The molecule has 0 aromatic rings. The van der Waals surface area contributed by atoms with Crippen LogP contribution in [0.5, 0.6) is 0 Å². The van der Waals surface area contributed by atoms with Crippen molar-refractivity contribution in [3.05, 3.63) is 0 Å². The van der Waals surface area contributed by atoms with E-state index in [0.29, 0.717) is 39.6 Å². The van der Waals surface area contributed by atoms with Crippen molar-refractivity contribution in [2.45, 2.75) is 25.0 Å². The maximum absolute atomic E-state index is 9.23. The van der Waals surface area contributed by atoms with Crippen molar-refractivity contribution in [2.24, 2.45) is 0 Å². The number of hydrogen-bond acceptors (Lipinski definition) is 6. The molecule has 1 aliphatic heterocycles. The molecule has 1 rings (SSSR count). The van der Waals surface area contributed by atoms with E-state index in [-0.39, 0.29) is 13.2 Å². The first kappa shape index (κ1) is 15.8. The van der Waals surface area contributed by atoms with E-state index >= 15 is 0 Å². The minimum absolute atomic E-state index is 0.164. The summed E-state index contributed by atoms with van der Waals surface area (Å²) >= 11 is 0. The summed E-state index contributed by atoms with van der Waals surface area (Å²) in [6, 6.07) is 0. The van der Waals surface area contributed by atoms with E-state index < -0.39 is 12.2 Å². The second-order valence-corrected chi connectivity index (χ2v) is 4.12. The first-order valence-corrected chi connectivity index (χ1v) is 6.49. The van der Waals surface area contributed by atoms with Gasteiger partial charge in [-0.25, -0.2) is 0 Å². The molecule has 0 saturated carbocycles. The van der Waals surface area contributed by atoms with Crippen molar-refractivity contribution < 1.29 is 29.2 Å². The van der Waals surface area contributed by atoms with Crippen molar-refractivity contribution in [1.82, 2.24) is 0 Å². The number of hydrogen-bond donors (Lipinski definition) is 2. The Morgan fingerprint density at radius 1 is 0.667 bits per heavy atom. The minimum atomic E-state index is -0.487. The van der Waals surface area contributed by atoms with Gasteiger partial charge in [0.15, 0.2) is 0 Å². The summed E-state index contributed by atoms with van der Waals surface area (Å²) in [5, 5.41) is 18.5. The second kappa shape index (κ2) is 10.7. The lowest BCUT2D eigenvalue weighted by Crippen LogP contribution is -2.38. The molecule has 6 heteroatoms. The van der Waals surface area contributed by atoms with E-state index in [4.69, 9.17) is 18.9 Å². The summed E-state index contributed by atoms with van der Waals surface area (Å²) < 4.78 is 21.7. The van der Waals surface area contributed by atoms with E-state index in [9.17, 15) is 10.2 Å². The number of aliphatic hydroxyl groups is 2. The van der Waals surface area contributed by atoms with Crippen molar-refractivity contribution >= 4 is 0 Å². The van der Waals surface area contributed by atoms with E-state index in [1.54, 1.807) is 0 Å². The van der Waals surface area contributed by atoms with Gasteiger partial charge in [0.05, 0.1) is 26.4 Å². The summed E-state index contributed by atoms with van der Waals surface area (Å²) in [6.45, 7) is 3.01. The van der Waals surface area contributed by atoms with Crippen LogP contribution in [0.4, 0.5) is 0 Å². The molecular formula is C12H24O6. The number of aliphatic hydroxyl groups excluding tert-OH is 2. The maximum Gasteiger partial charge on any atom is 0.109 e. The molecule has 0 aromatic carbocycles. The highest BCUT2D eigenvalue weighted by atomic mass is 16.6. The normalized spacial score (nSPS) is 29.7. The maximum atomic E-state index is 9.23. The Kier molecular flexibility index (Phi) is 9.37. The molecule has 108 valence electrons. The van der Waals surface area contributed by atoms with Crippen molar-refractivity contribution in [2.75, 3.05) is 52.9 Å². The van der Waals surface area contributed by atoms with Gasteiger partial charge in [-0.05, 0) is 12.8 Å². The molecule has 0 spiro atoms. The summed E-state index contributed by atoms with van der Waals surface area (Å²) in [5.41, 5.74) is 0. The van der Waals surface area contributed by atoms with Gasteiger partial charge in [-0.15, -0.1) is 0 Å². The molecule has 0 aliphatic carbocycles. The van der Waals surface area contributed by atoms with Crippen molar-refractivity contribution in [3.8, 4) is 0 Å². The van der Waals surface area contributed by atoms with Gasteiger partial charge in [0, 0.05) is 26.4 Å². The third kappa shape index (κ3) is 6.63. The molecule has 0 amide bonds. The lowest BCUT2D eigenvalue weighted by atomic mass is 10.2. The summed E-state index contributed by atoms with van der Waals surface area (Å²) in [4.78, 5) is 0. The van der Waals surface area contributed by atoms with E-state index in [1.807, 2.05) is 0 Å². The molecule has 1 aliphatic rings. The average molecular weight is 264 g/mol. The molecule has 0 bridgehead atoms. The summed E-state index contributed by atoms with van der Waals surface area (Å²) in [6.07, 6.45) is 0.515. The Balaban J connectivity index is 2.36. The topological polar surface area (TPSA) is 77.4 Å². The first-order valence-electron chi connectivity index (χ1n) is 6.49. The third-order valence-electron chi connectivity index (χ3n) is 2.68. The van der Waals surface area contributed by atoms with Gasteiger partial charge in [-0.3, -0.25) is 0 Å². The van der Waals surface area contributed by atoms with E-state index in [0.717, 1.165) is 12.8 Å². The number of rotatable bonds is 2. The van der Waals surface area contributed by atoms with Gasteiger partial charge in [0.2, 0.25) is 0 Å². The van der Waals surface area contributed by atoms with Crippen LogP contribution in [0.2, 0.25) is 0 Å². The predicted molar refractivity (Wildman–Crippen MR) is 64.5 cm³/mol. The van der Waals surface area contributed by atoms with Crippen molar-refractivity contribution in [3.63, 3.8) is 0 Å². The van der Waals surface area contributed by atoms with Crippen LogP contribution in [-0.2, 0) is 18.9 Å². The smallest absolute Gasteiger partial charge is 0.109 e. The Hall–Kier alpha value is -0.240. The van der Waals surface area contributed by atoms with Crippen LogP contribution in [0, 0.1) is 0 Å². The summed E-state index contributed by atoms with van der Waals surface area (Å²) in [5.74, 6) is 0. The van der Waals surface area contributed by atoms with E-state index in [2.05, 4.69) is 0 Å². The molecule has 1 saturated heterocycles. The lowest BCUT2D eigenvalue weighted by molar-refractivity contribution is -0.115. The zero-order chi connectivity index (χ0) is 13.1. The van der Waals surface area contributed by atoms with E-state index in [1.165, 1.54) is 0 Å². The quantitative estimate of drug-likeness (QED) is 0.704. The molecule has 2 atom stereocenters. The molecule has 18 heavy (non-hydrogen) atoms. The standard InChI is InChI=1S/C12H24O6/c13-9-11-12(10-14)18-6-2-4-16-8-7-15-3-1-5-17-11/h11-14H,1-10H2/t11-,12?/m0/s1. The third-order valence-corrected chi connectivity index (χ3v) is 2.68. The Morgan fingerprint density at radius 2 is 1.11 bits per heavy atom. The SMILES string of the molecule is OCC1OCCCOCCOCCCO[C@H]1CO. The lowest BCUT2D eigenvalue weighted by Gasteiger charge is -2.24. The molecule has 0 aromatic heterocycles. The van der Waals surface area contributed by atoms with Gasteiger partial charge >= 0.3 is 0 Å². The van der Waals surface area contributed by atoms with Crippen LogP contribution < -0.4 is 0 Å². The number of ether oxygens (including phenoxy) is 4. The molecule has 1 fully saturated rings. The van der Waals surface area contributed by atoms with Crippen LogP contribution in [0.1, 0.15) is 12.8 Å². The molecule has 1 unspecified atom stereocenters. The van der Waals surface area contributed by atoms with Gasteiger partial charge in [-0.1, -0.05) is 0 Å². The Morgan fingerprint density at radius 3 is 1.50 bits per heavy atom. The van der Waals surface area contributed by atoms with Crippen LogP contribution in [0.15, 0.2) is 0 Å². The molecule has 2 N–H and O–H groups in total. The largest absolute Gasteiger partial charge is 0.394 e. The molecule has 6 nitrogen and oxygen atoms in total. The minimum Gasteiger partial charge on any atom is -0.394 e. The fraction of sp³-hybridized carbons (Fsp3) is 1.00. The van der Waals surface area contributed by atoms with Crippen LogP contribution >= 0.6 is 0 Å². The van der Waals surface area contributed by atoms with Gasteiger partial charge < -0.3 is 29.2 Å². The van der Waals surface area contributed by atoms with Crippen LogP contribution in [0.25, 0.3) is 0 Å². The van der Waals surface area contributed by atoms with Gasteiger partial charge in [0.25, 0.3) is 0 Å². The van der Waals surface area contributed by atoms with Crippen LogP contribution in [-0.4, -0.2) is 75.3 Å². The fourth-order valence-electron chi connectivity index (χ4n) is 1.67. The first-order chi connectivity index (χ1) is 8.88.